The average Bonchev–Trinajstić information content (AvgIpc) is 2.62. The number of nitrogens with one attached hydrogen (secondary N) is 2. The van der Waals surface area contributed by atoms with Crippen LogP contribution in [0.3, 0.4) is 0 Å². The molecule has 0 aliphatic heterocycles. The summed E-state index contributed by atoms with van der Waals surface area (Å²) in [4.78, 5) is 36.5. The average molecular weight is 373 g/mol. The third-order valence-corrected chi connectivity index (χ3v) is 3.48. The van der Waals surface area contributed by atoms with Gasteiger partial charge >= 0.3 is 0 Å². The van der Waals surface area contributed by atoms with Crippen LogP contribution in [-0.4, -0.2) is 42.8 Å². The molecule has 0 atom stereocenters. The smallest absolute Gasteiger partial charge is 0.260 e. The number of likely N-dealkylation sites (N-methyl/N-ethyl adjacent to an activating group) is 1. The molecular formula is C19H20FN3O4. The second kappa shape index (κ2) is 9.33. The summed E-state index contributed by atoms with van der Waals surface area (Å²) in [7, 11) is 1.47. The van der Waals surface area contributed by atoms with Gasteiger partial charge in [-0.1, -0.05) is 12.1 Å². The van der Waals surface area contributed by atoms with Gasteiger partial charge in [0.1, 0.15) is 11.6 Å². The van der Waals surface area contributed by atoms with Gasteiger partial charge in [-0.3, -0.25) is 14.4 Å². The lowest BCUT2D eigenvalue weighted by Crippen LogP contribution is -2.37. The highest BCUT2D eigenvalue weighted by atomic mass is 19.1. The molecule has 0 fully saturated rings. The van der Waals surface area contributed by atoms with E-state index in [1.54, 1.807) is 24.3 Å². The van der Waals surface area contributed by atoms with E-state index in [0.29, 0.717) is 17.1 Å². The fraction of sp³-hybridized carbons (Fsp3) is 0.211. The third kappa shape index (κ3) is 6.43. The van der Waals surface area contributed by atoms with Crippen molar-refractivity contribution in [1.82, 2.24) is 4.90 Å². The number of anilines is 2. The van der Waals surface area contributed by atoms with Gasteiger partial charge in [-0.2, -0.15) is 0 Å². The summed E-state index contributed by atoms with van der Waals surface area (Å²) in [6.07, 6.45) is 0. The number of benzene rings is 2. The van der Waals surface area contributed by atoms with Gasteiger partial charge < -0.3 is 20.3 Å². The molecule has 0 saturated carbocycles. The van der Waals surface area contributed by atoms with Crippen LogP contribution in [0.2, 0.25) is 0 Å². The molecule has 27 heavy (non-hydrogen) atoms. The minimum absolute atomic E-state index is 0.188. The van der Waals surface area contributed by atoms with Crippen LogP contribution in [0.1, 0.15) is 6.92 Å². The van der Waals surface area contributed by atoms with E-state index < -0.39 is 17.6 Å². The molecule has 0 aromatic heterocycles. The van der Waals surface area contributed by atoms with Crippen LogP contribution in [0.15, 0.2) is 48.5 Å². The minimum Gasteiger partial charge on any atom is -0.482 e. The van der Waals surface area contributed by atoms with E-state index in [2.05, 4.69) is 10.6 Å². The Morgan fingerprint density at radius 2 is 1.70 bits per heavy atom. The molecule has 0 saturated heterocycles. The normalized spacial score (nSPS) is 10.0. The first-order chi connectivity index (χ1) is 12.8. The van der Waals surface area contributed by atoms with E-state index in [1.807, 2.05) is 0 Å². The molecule has 7 nitrogen and oxygen atoms in total. The van der Waals surface area contributed by atoms with Crippen LogP contribution in [0.4, 0.5) is 15.8 Å². The van der Waals surface area contributed by atoms with Crippen LogP contribution < -0.4 is 15.4 Å². The minimum atomic E-state index is -0.420. The van der Waals surface area contributed by atoms with Crippen LogP contribution >= 0.6 is 0 Å². The maximum absolute atomic E-state index is 12.9. The number of rotatable bonds is 7. The number of halogens is 1. The summed E-state index contributed by atoms with van der Waals surface area (Å²) < 4.78 is 18.3. The Balaban J connectivity index is 1.86. The van der Waals surface area contributed by atoms with E-state index in [9.17, 15) is 18.8 Å². The Morgan fingerprint density at radius 3 is 2.37 bits per heavy atom. The molecule has 0 aliphatic rings. The van der Waals surface area contributed by atoms with Crippen molar-refractivity contribution in [3.05, 3.63) is 54.3 Å². The molecule has 2 N–H and O–H groups in total. The van der Waals surface area contributed by atoms with Gasteiger partial charge in [0.2, 0.25) is 11.8 Å². The Morgan fingerprint density at radius 1 is 1.04 bits per heavy atom. The number of carbonyl (C=O) groups excluding carboxylic acids is 3. The number of ether oxygens (including phenoxy) is 1. The highest BCUT2D eigenvalue weighted by Gasteiger charge is 2.15. The van der Waals surface area contributed by atoms with Gasteiger partial charge in [-0.25, -0.2) is 4.39 Å². The largest absolute Gasteiger partial charge is 0.482 e. The van der Waals surface area contributed by atoms with Crippen molar-refractivity contribution < 1.29 is 23.5 Å². The van der Waals surface area contributed by atoms with Gasteiger partial charge in [0.25, 0.3) is 5.91 Å². The van der Waals surface area contributed by atoms with Crippen molar-refractivity contribution in [3.63, 3.8) is 0 Å². The maximum Gasteiger partial charge on any atom is 0.260 e. The number of hydrogen-bond donors (Lipinski definition) is 2. The fourth-order valence-corrected chi connectivity index (χ4v) is 2.17. The standard InChI is InChI=1S/C19H20FN3O4/c1-13(24)21-16-5-3-4-6-17(16)27-12-19(26)23(2)11-18(25)22-15-9-7-14(20)8-10-15/h3-10H,11-12H2,1-2H3,(H,21,24)(H,22,25). The van der Waals surface area contributed by atoms with Gasteiger partial charge in [0.05, 0.1) is 12.2 Å². The van der Waals surface area contributed by atoms with Crippen molar-refractivity contribution in [1.29, 1.82) is 0 Å². The number of carbonyl (C=O) groups is 3. The van der Waals surface area contributed by atoms with Crippen LogP contribution in [0.5, 0.6) is 5.75 Å². The third-order valence-electron chi connectivity index (χ3n) is 3.48. The molecule has 0 radical (unpaired) electrons. The summed E-state index contributed by atoms with van der Waals surface area (Å²) in [6.45, 7) is 0.888. The molecule has 2 aromatic carbocycles. The lowest BCUT2D eigenvalue weighted by molar-refractivity contribution is -0.135. The van der Waals surface area contributed by atoms with Gasteiger partial charge in [-0.15, -0.1) is 0 Å². The van der Waals surface area contributed by atoms with E-state index in [1.165, 1.54) is 43.1 Å². The molecule has 8 heteroatoms. The Bertz CT molecular complexity index is 824. The Kier molecular flexibility index (Phi) is 6.87. The SMILES string of the molecule is CC(=O)Nc1ccccc1OCC(=O)N(C)CC(=O)Nc1ccc(F)cc1. The molecule has 3 amide bonds. The first-order valence-electron chi connectivity index (χ1n) is 8.14. The quantitative estimate of drug-likeness (QED) is 0.779. The van der Waals surface area contributed by atoms with Crippen LogP contribution in [0.25, 0.3) is 0 Å². The van der Waals surface area contributed by atoms with Gasteiger partial charge in [-0.05, 0) is 36.4 Å². The zero-order valence-corrected chi connectivity index (χ0v) is 15.0. The molecule has 2 rings (SSSR count). The van der Waals surface area contributed by atoms with Gasteiger partial charge in [0.15, 0.2) is 6.61 Å². The molecule has 0 heterocycles. The molecular weight excluding hydrogens is 353 g/mol. The molecule has 0 aliphatic carbocycles. The Hall–Kier alpha value is -3.42. The monoisotopic (exact) mass is 373 g/mol. The number of nitrogens with zero attached hydrogens (tertiary/aromatic N) is 1. The van der Waals surface area contributed by atoms with Gasteiger partial charge in [0, 0.05) is 19.7 Å². The molecule has 0 unspecified atom stereocenters. The summed E-state index contributed by atoms with van der Waals surface area (Å²) in [5.41, 5.74) is 0.886. The summed E-state index contributed by atoms with van der Waals surface area (Å²) in [5.74, 6) is -1.15. The molecule has 2 aromatic rings. The zero-order chi connectivity index (χ0) is 19.8. The lowest BCUT2D eigenvalue weighted by atomic mass is 10.3. The second-order valence-corrected chi connectivity index (χ2v) is 5.77. The summed E-state index contributed by atoms with van der Waals surface area (Å²) in [6, 6.07) is 12.0. The first-order valence-corrected chi connectivity index (χ1v) is 8.14. The lowest BCUT2D eigenvalue weighted by Gasteiger charge is -2.18. The van der Waals surface area contributed by atoms with Crippen molar-refractivity contribution in [2.45, 2.75) is 6.92 Å². The van der Waals surface area contributed by atoms with Crippen LogP contribution in [0, 0.1) is 5.82 Å². The van der Waals surface area contributed by atoms with Crippen molar-refractivity contribution >= 4 is 29.1 Å². The van der Waals surface area contributed by atoms with Crippen LogP contribution in [-0.2, 0) is 14.4 Å². The first kappa shape index (κ1) is 19.9. The maximum atomic E-state index is 12.9. The predicted molar refractivity (Wildman–Crippen MR) is 98.9 cm³/mol. The number of hydrogen-bond acceptors (Lipinski definition) is 4. The highest BCUT2D eigenvalue weighted by molar-refractivity contribution is 5.94. The Labute approximate surface area is 156 Å². The second-order valence-electron chi connectivity index (χ2n) is 5.77. The molecule has 142 valence electrons. The van der Waals surface area contributed by atoms with E-state index in [0.717, 1.165) is 0 Å². The summed E-state index contributed by atoms with van der Waals surface area (Å²) >= 11 is 0. The van der Waals surface area contributed by atoms with E-state index >= 15 is 0 Å². The topological polar surface area (TPSA) is 87.7 Å². The van der Waals surface area contributed by atoms with E-state index in [-0.39, 0.29) is 19.1 Å². The summed E-state index contributed by atoms with van der Waals surface area (Å²) in [5, 5.41) is 5.18. The molecule has 0 bridgehead atoms. The number of para-hydroxylation sites is 2. The van der Waals surface area contributed by atoms with E-state index in [4.69, 9.17) is 4.74 Å². The molecule has 0 spiro atoms. The fourth-order valence-electron chi connectivity index (χ4n) is 2.17. The van der Waals surface area contributed by atoms with Crippen molar-refractivity contribution in [3.8, 4) is 5.75 Å². The zero-order valence-electron chi connectivity index (χ0n) is 15.0. The number of amides is 3. The van der Waals surface area contributed by atoms with Crippen molar-refractivity contribution in [2.75, 3.05) is 30.8 Å². The van der Waals surface area contributed by atoms with Crippen molar-refractivity contribution in [2.24, 2.45) is 0 Å². The predicted octanol–water partition coefficient (Wildman–Crippen LogP) is 2.26. The highest BCUT2D eigenvalue weighted by Crippen LogP contribution is 2.23.